The van der Waals surface area contributed by atoms with Crippen molar-refractivity contribution in [3.05, 3.63) is 33.8 Å². The van der Waals surface area contributed by atoms with Gasteiger partial charge < -0.3 is 5.32 Å². The molecule has 1 aliphatic heterocycles. The Balaban J connectivity index is 2.06. The Morgan fingerprint density at radius 3 is 2.77 bits per heavy atom. The van der Waals surface area contributed by atoms with Gasteiger partial charge in [0.1, 0.15) is 5.78 Å². The van der Waals surface area contributed by atoms with Crippen molar-refractivity contribution in [3.63, 3.8) is 0 Å². The predicted molar refractivity (Wildman–Crippen MR) is 106 cm³/mol. The fourth-order valence-electron chi connectivity index (χ4n) is 3.35. The number of carbonyl (C=O) groups is 1. The van der Waals surface area contributed by atoms with Crippen LogP contribution >= 0.6 is 11.6 Å². The summed E-state index contributed by atoms with van der Waals surface area (Å²) < 4.78 is 0. The Hall–Kier alpha value is -1.41. The Bertz CT molecular complexity index is 693. The first-order valence-electron chi connectivity index (χ1n) is 9.37. The summed E-state index contributed by atoms with van der Waals surface area (Å²) in [5, 5.41) is 13.2. The molecule has 1 aromatic rings. The predicted octanol–water partition coefficient (Wildman–Crippen LogP) is 3.88. The van der Waals surface area contributed by atoms with Crippen molar-refractivity contribution in [2.75, 3.05) is 19.6 Å². The van der Waals surface area contributed by atoms with Gasteiger partial charge >= 0.3 is 0 Å². The molecule has 0 aromatic heterocycles. The Morgan fingerprint density at radius 2 is 2.12 bits per heavy atom. The van der Waals surface area contributed by atoms with Gasteiger partial charge in [0.15, 0.2) is 0 Å². The number of ketones is 1. The molecule has 0 spiro atoms. The van der Waals surface area contributed by atoms with Gasteiger partial charge in [-0.2, -0.15) is 5.26 Å². The van der Waals surface area contributed by atoms with Crippen LogP contribution in [-0.4, -0.2) is 36.4 Å². The van der Waals surface area contributed by atoms with E-state index in [1.165, 1.54) is 5.56 Å². The molecule has 0 unspecified atom stereocenters. The molecule has 0 saturated carbocycles. The normalized spacial score (nSPS) is 18.5. The largest absolute Gasteiger partial charge is 0.312 e. The van der Waals surface area contributed by atoms with E-state index < -0.39 is 5.41 Å². The van der Waals surface area contributed by atoms with Crippen LogP contribution in [0.4, 0.5) is 0 Å². The zero-order valence-corrected chi connectivity index (χ0v) is 17.1. The van der Waals surface area contributed by atoms with Crippen molar-refractivity contribution in [2.24, 2.45) is 5.41 Å². The van der Waals surface area contributed by atoms with Crippen LogP contribution in [0.5, 0.6) is 0 Å². The monoisotopic (exact) mass is 375 g/mol. The highest BCUT2D eigenvalue weighted by Gasteiger charge is 2.20. The lowest BCUT2D eigenvalue weighted by Crippen LogP contribution is -2.48. The number of Topliss-reactive ketones (excluding diaryl/α,β-unsaturated/α-hetero) is 1. The summed E-state index contributed by atoms with van der Waals surface area (Å²) >= 11 is 6.34. The zero-order chi connectivity index (χ0) is 19.3. The minimum atomic E-state index is -0.455. The maximum Gasteiger partial charge on any atom is 0.137 e. The van der Waals surface area contributed by atoms with E-state index in [1.807, 2.05) is 26.0 Å². The highest BCUT2D eigenvalue weighted by molar-refractivity contribution is 6.30. The van der Waals surface area contributed by atoms with E-state index in [2.05, 4.69) is 30.1 Å². The first-order chi connectivity index (χ1) is 12.2. The van der Waals surface area contributed by atoms with E-state index >= 15 is 0 Å². The maximum atomic E-state index is 12.4. The molecule has 0 amide bonds. The van der Waals surface area contributed by atoms with Crippen LogP contribution in [-0.2, 0) is 17.8 Å². The molecule has 1 N–H and O–H groups in total. The SMILES string of the molecule is Cc1c(CC(=O)CCC(C)(C)C#N)cc(Cl)cc1CN1CCN[C@@H](C)C1. The average Bonchev–Trinajstić information content (AvgIpc) is 2.57. The van der Waals surface area contributed by atoms with Crippen molar-refractivity contribution in [1.82, 2.24) is 10.2 Å². The first-order valence-corrected chi connectivity index (χ1v) is 9.74. The summed E-state index contributed by atoms with van der Waals surface area (Å²) in [6.45, 7) is 11.9. The molecule has 142 valence electrons. The van der Waals surface area contributed by atoms with Crippen molar-refractivity contribution < 1.29 is 4.79 Å². The number of piperazine rings is 1. The number of nitriles is 1. The topological polar surface area (TPSA) is 56.1 Å². The molecule has 1 atom stereocenters. The number of rotatable bonds is 7. The standard InChI is InChI=1S/C21H30ClN3O/c1-15-12-25(8-7-24-15)13-18-10-19(22)9-17(16(18)2)11-20(26)5-6-21(3,4)14-23/h9-10,15,24H,5-8,11-13H2,1-4H3/t15-/m0/s1. The molecular formula is C21H30ClN3O. The van der Waals surface area contributed by atoms with Crippen LogP contribution in [0.25, 0.3) is 0 Å². The van der Waals surface area contributed by atoms with E-state index in [4.69, 9.17) is 16.9 Å². The molecular weight excluding hydrogens is 346 g/mol. The molecule has 1 aromatic carbocycles. The van der Waals surface area contributed by atoms with Crippen LogP contribution in [0.3, 0.4) is 0 Å². The lowest BCUT2D eigenvalue weighted by Gasteiger charge is -2.32. The lowest BCUT2D eigenvalue weighted by molar-refractivity contribution is -0.118. The number of hydrogen-bond acceptors (Lipinski definition) is 4. The molecule has 5 heteroatoms. The minimum Gasteiger partial charge on any atom is -0.312 e. The Kier molecular flexibility index (Phi) is 7.23. The van der Waals surface area contributed by atoms with Gasteiger partial charge in [0.05, 0.1) is 11.5 Å². The number of nitrogens with zero attached hydrogens (tertiary/aromatic N) is 2. The molecule has 1 fully saturated rings. The average molecular weight is 376 g/mol. The number of hydrogen-bond donors (Lipinski definition) is 1. The van der Waals surface area contributed by atoms with Crippen LogP contribution in [0.1, 0.15) is 50.3 Å². The molecule has 0 aliphatic carbocycles. The summed E-state index contributed by atoms with van der Waals surface area (Å²) in [5.74, 6) is 0.167. The van der Waals surface area contributed by atoms with Crippen molar-refractivity contribution in [1.29, 1.82) is 5.26 Å². The third-order valence-electron chi connectivity index (χ3n) is 5.15. The molecule has 1 aliphatic rings. The quantitative estimate of drug-likeness (QED) is 0.785. The van der Waals surface area contributed by atoms with E-state index in [9.17, 15) is 4.79 Å². The summed E-state index contributed by atoms with van der Waals surface area (Å²) in [7, 11) is 0. The van der Waals surface area contributed by atoms with Gasteiger partial charge in [-0.25, -0.2) is 0 Å². The number of halogens is 1. The molecule has 0 bridgehead atoms. The third kappa shape index (κ3) is 6.09. The summed E-state index contributed by atoms with van der Waals surface area (Å²) in [4.78, 5) is 14.8. The van der Waals surface area contributed by atoms with Crippen molar-refractivity contribution >= 4 is 17.4 Å². The maximum absolute atomic E-state index is 12.4. The lowest BCUT2D eigenvalue weighted by atomic mass is 9.87. The van der Waals surface area contributed by atoms with E-state index in [0.29, 0.717) is 30.3 Å². The van der Waals surface area contributed by atoms with Gasteiger partial charge in [-0.3, -0.25) is 9.69 Å². The first kappa shape index (κ1) is 20.9. The second kappa shape index (κ2) is 8.99. The third-order valence-corrected chi connectivity index (χ3v) is 5.37. The number of nitrogens with one attached hydrogen (secondary N) is 1. The van der Waals surface area contributed by atoms with Gasteiger partial charge in [-0.05, 0) is 62.9 Å². The zero-order valence-electron chi connectivity index (χ0n) is 16.4. The summed E-state index contributed by atoms with van der Waals surface area (Å²) in [5.41, 5.74) is 2.92. The summed E-state index contributed by atoms with van der Waals surface area (Å²) in [6.07, 6.45) is 1.41. The molecule has 1 heterocycles. The molecule has 26 heavy (non-hydrogen) atoms. The van der Waals surface area contributed by atoms with Gasteiger partial charge in [0.2, 0.25) is 0 Å². The second-order valence-corrected chi connectivity index (χ2v) is 8.59. The number of carbonyl (C=O) groups excluding carboxylic acids is 1. The number of benzene rings is 1. The Morgan fingerprint density at radius 1 is 1.42 bits per heavy atom. The fourth-order valence-corrected chi connectivity index (χ4v) is 3.61. The van der Waals surface area contributed by atoms with Crippen LogP contribution < -0.4 is 5.32 Å². The van der Waals surface area contributed by atoms with E-state index in [0.717, 1.165) is 37.3 Å². The van der Waals surface area contributed by atoms with Gasteiger partial charge in [0.25, 0.3) is 0 Å². The van der Waals surface area contributed by atoms with Crippen LogP contribution in [0.2, 0.25) is 5.02 Å². The van der Waals surface area contributed by atoms with Crippen LogP contribution in [0.15, 0.2) is 12.1 Å². The van der Waals surface area contributed by atoms with E-state index in [-0.39, 0.29) is 5.78 Å². The van der Waals surface area contributed by atoms with Gasteiger partial charge in [-0.15, -0.1) is 0 Å². The van der Waals surface area contributed by atoms with Crippen molar-refractivity contribution in [2.45, 2.75) is 59.5 Å². The van der Waals surface area contributed by atoms with Crippen molar-refractivity contribution in [3.8, 4) is 6.07 Å². The Labute approximate surface area is 162 Å². The van der Waals surface area contributed by atoms with Gasteiger partial charge in [-0.1, -0.05) is 11.6 Å². The highest BCUT2D eigenvalue weighted by Crippen LogP contribution is 2.25. The highest BCUT2D eigenvalue weighted by atomic mass is 35.5. The van der Waals surface area contributed by atoms with Gasteiger partial charge in [0, 0.05) is 50.1 Å². The second-order valence-electron chi connectivity index (χ2n) is 8.15. The summed E-state index contributed by atoms with van der Waals surface area (Å²) in [6, 6.07) is 6.68. The smallest absolute Gasteiger partial charge is 0.137 e. The molecule has 0 radical (unpaired) electrons. The fraction of sp³-hybridized carbons (Fsp3) is 0.619. The molecule has 2 rings (SSSR count). The minimum absolute atomic E-state index is 0.167. The van der Waals surface area contributed by atoms with Crippen LogP contribution in [0, 0.1) is 23.7 Å². The molecule has 4 nitrogen and oxygen atoms in total. The molecule has 1 saturated heterocycles. The van der Waals surface area contributed by atoms with E-state index in [1.54, 1.807) is 0 Å².